The van der Waals surface area contributed by atoms with E-state index >= 15 is 0 Å². The summed E-state index contributed by atoms with van der Waals surface area (Å²) in [6, 6.07) is 9.84. The molecule has 0 radical (unpaired) electrons. The first-order chi connectivity index (χ1) is 20.4. The summed E-state index contributed by atoms with van der Waals surface area (Å²) in [5, 5.41) is 5.52. The minimum atomic E-state index is -0.100. The van der Waals surface area contributed by atoms with Gasteiger partial charge in [-0.3, -0.25) is 4.79 Å². The lowest BCUT2D eigenvalue weighted by atomic mass is 9.53. The highest BCUT2D eigenvalue weighted by Gasteiger charge is 2.51. The molecule has 4 aliphatic carbocycles. The molecule has 9 heteroatoms. The number of carbonyl (C=O) groups excluding carboxylic acids is 2. The van der Waals surface area contributed by atoms with Gasteiger partial charge in [-0.15, -0.1) is 11.3 Å². The summed E-state index contributed by atoms with van der Waals surface area (Å²) < 4.78 is 16.4. The van der Waals surface area contributed by atoms with Crippen molar-refractivity contribution in [1.82, 2.24) is 15.1 Å². The van der Waals surface area contributed by atoms with Gasteiger partial charge in [-0.2, -0.15) is 0 Å². The van der Waals surface area contributed by atoms with E-state index < -0.39 is 0 Å². The highest BCUT2D eigenvalue weighted by molar-refractivity contribution is 7.09. The lowest BCUT2D eigenvalue weighted by Crippen LogP contribution is -2.62. The predicted molar refractivity (Wildman–Crippen MR) is 165 cm³/mol. The largest absolute Gasteiger partial charge is 0.493 e. The van der Waals surface area contributed by atoms with Crippen molar-refractivity contribution >= 4 is 23.3 Å². The SMILES string of the molecule is CCOCCCN(CC(=O)N(CCc1ccc(OC)c(OC)c1)Cc1cccs1)C(=O)NC12CC3CC(CC(C3)C1)C2. The quantitative estimate of drug-likeness (QED) is 0.265. The molecule has 230 valence electrons. The normalized spacial score (nSPS) is 23.9. The number of methoxy groups -OCH3 is 2. The second kappa shape index (κ2) is 14.1. The molecule has 1 aromatic heterocycles. The van der Waals surface area contributed by atoms with Crippen molar-refractivity contribution in [2.24, 2.45) is 17.8 Å². The van der Waals surface area contributed by atoms with Crippen molar-refractivity contribution in [3.63, 3.8) is 0 Å². The minimum absolute atomic E-state index is 0.0408. The fourth-order valence-corrected chi connectivity index (χ4v) is 8.49. The van der Waals surface area contributed by atoms with Gasteiger partial charge in [0.2, 0.25) is 5.91 Å². The second-order valence-corrected chi connectivity index (χ2v) is 13.5. The van der Waals surface area contributed by atoms with Gasteiger partial charge >= 0.3 is 6.03 Å². The number of ether oxygens (including phenoxy) is 3. The highest BCUT2D eigenvalue weighted by atomic mass is 32.1. The van der Waals surface area contributed by atoms with Crippen LogP contribution in [0.15, 0.2) is 35.7 Å². The molecule has 0 aliphatic heterocycles. The van der Waals surface area contributed by atoms with E-state index in [4.69, 9.17) is 14.2 Å². The average molecular weight is 598 g/mol. The Morgan fingerprint density at radius 3 is 2.31 bits per heavy atom. The Balaban J connectivity index is 1.28. The first-order valence-corrected chi connectivity index (χ1v) is 16.4. The van der Waals surface area contributed by atoms with Crippen LogP contribution in [0.1, 0.15) is 62.3 Å². The van der Waals surface area contributed by atoms with Crippen LogP contribution in [0.2, 0.25) is 0 Å². The maximum absolute atomic E-state index is 13.9. The number of thiophene rings is 1. The van der Waals surface area contributed by atoms with E-state index in [0.29, 0.717) is 57.2 Å². The molecule has 2 aromatic rings. The number of benzene rings is 1. The van der Waals surface area contributed by atoms with E-state index in [1.54, 1.807) is 30.5 Å². The van der Waals surface area contributed by atoms with Gasteiger partial charge in [-0.25, -0.2) is 4.79 Å². The molecule has 0 atom stereocenters. The monoisotopic (exact) mass is 597 g/mol. The third-order valence-corrected chi connectivity index (χ3v) is 10.2. The first-order valence-electron chi connectivity index (χ1n) is 15.6. The summed E-state index contributed by atoms with van der Waals surface area (Å²) in [5.74, 6) is 3.53. The molecule has 1 aromatic carbocycles. The van der Waals surface area contributed by atoms with Gasteiger partial charge in [0.1, 0.15) is 6.54 Å². The van der Waals surface area contributed by atoms with Crippen LogP contribution in [0.3, 0.4) is 0 Å². The van der Waals surface area contributed by atoms with Gasteiger partial charge in [0.15, 0.2) is 11.5 Å². The summed E-state index contributed by atoms with van der Waals surface area (Å²) in [6.45, 7) is 4.80. The van der Waals surface area contributed by atoms with Crippen molar-refractivity contribution in [3.05, 3.63) is 46.2 Å². The van der Waals surface area contributed by atoms with E-state index in [2.05, 4.69) is 11.4 Å². The fourth-order valence-electron chi connectivity index (χ4n) is 7.77. The molecule has 42 heavy (non-hydrogen) atoms. The molecule has 0 spiro atoms. The molecular weight excluding hydrogens is 550 g/mol. The average Bonchev–Trinajstić information content (AvgIpc) is 3.48. The van der Waals surface area contributed by atoms with Crippen molar-refractivity contribution in [2.75, 3.05) is 47.1 Å². The third kappa shape index (κ3) is 7.59. The van der Waals surface area contributed by atoms with Gasteiger partial charge in [0.25, 0.3) is 0 Å². The Hall–Kier alpha value is -2.78. The topological polar surface area (TPSA) is 80.3 Å². The number of amides is 3. The summed E-state index contributed by atoms with van der Waals surface area (Å²) in [7, 11) is 3.25. The molecular formula is C33H47N3O5S. The molecule has 8 nitrogen and oxygen atoms in total. The van der Waals surface area contributed by atoms with E-state index in [1.807, 2.05) is 41.5 Å². The summed E-state index contributed by atoms with van der Waals surface area (Å²) in [4.78, 5) is 32.5. The molecule has 1 heterocycles. The molecule has 0 unspecified atom stereocenters. The maximum atomic E-state index is 13.9. The van der Waals surface area contributed by atoms with Crippen LogP contribution in [0, 0.1) is 17.8 Å². The zero-order valence-electron chi connectivity index (χ0n) is 25.4. The number of hydrogen-bond acceptors (Lipinski definition) is 6. The van der Waals surface area contributed by atoms with Crippen LogP contribution in [-0.4, -0.2) is 74.3 Å². The second-order valence-electron chi connectivity index (χ2n) is 12.4. The molecule has 0 saturated heterocycles. The number of urea groups is 1. The number of nitrogens with one attached hydrogen (secondary N) is 1. The minimum Gasteiger partial charge on any atom is -0.493 e. The maximum Gasteiger partial charge on any atom is 0.318 e. The first kappa shape index (κ1) is 30.7. The lowest BCUT2D eigenvalue weighted by Gasteiger charge is -2.57. The van der Waals surface area contributed by atoms with Gasteiger partial charge in [0.05, 0.1) is 20.8 Å². The molecule has 4 bridgehead atoms. The molecule has 1 N–H and O–H groups in total. The van der Waals surface area contributed by atoms with Gasteiger partial charge in [-0.1, -0.05) is 12.1 Å². The lowest BCUT2D eigenvalue weighted by molar-refractivity contribution is -0.132. The van der Waals surface area contributed by atoms with E-state index in [-0.39, 0.29) is 24.0 Å². The Labute approximate surface area is 254 Å². The van der Waals surface area contributed by atoms with Gasteiger partial charge < -0.3 is 29.3 Å². The Bertz CT molecular complexity index is 1150. The number of hydrogen-bond donors (Lipinski definition) is 1. The van der Waals surface area contributed by atoms with Gasteiger partial charge in [0, 0.05) is 36.7 Å². The van der Waals surface area contributed by atoms with Crippen molar-refractivity contribution in [3.8, 4) is 11.5 Å². The zero-order chi connectivity index (χ0) is 29.5. The van der Waals surface area contributed by atoms with Crippen LogP contribution in [0.5, 0.6) is 11.5 Å². The Morgan fingerprint density at radius 1 is 0.976 bits per heavy atom. The molecule has 4 saturated carbocycles. The zero-order valence-corrected chi connectivity index (χ0v) is 26.3. The molecule has 4 aliphatic rings. The van der Waals surface area contributed by atoms with Crippen molar-refractivity contribution in [1.29, 1.82) is 0 Å². The molecule has 3 amide bonds. The van der Waals surface area contributed by atoms with Gasteiger partial charge in [-0.05, 0) is 105 Å². The predicted octanol–water partition coefficient (Wildman–Crippen LogP) is 5.74. The highest BCUT2D eigenvalue weighted by Crippen LogP contribution is 2.55. The van der Waals surface area contributed by atoms with Crippen LogP contribution in [0.25, 0.3) is 0 Å². The van der Waals surface area contributed by atoms with E-state index in [1.165, 1.54) is 19.3 Å². The van der Waals surface area contributed by atoms with Crippen LogP contribution in [0.4, 0.5) is 4.79 Å². The number of rotatable bonds is 15. The summed E-state index contributed by atoms with van der Waals surface area (Å²) >= 11 is 1.64. The van der Waals surface area contributed by atoms with Crippen LogP contribution < -0.4 is 14.8 Å². The number of nitrogens with zero attached hydrogens (tertiary/aromatic N) is 2. The van der Waals surface area contributed by atoms with Crippen LogP contribution >= 0.6 is 11.3 Å². The number of carbonyl (C=O) groups is 2. The summed E-state index contributed by atoms with van der Waals surface area (Å²) in [5.41, 5.74) is 0.960. The molecule has 4 fully saturated rings. The fraction of sp³-hybridized carbons (Fsp3) is 0.636. The van der Waals surface area contributed by atoms with Crippen molar-refractivity contribution < 1.29 is 23.8 Å². The Morgan fingerprint density at radius 2 is 1.69 bits per heavy atom. The molecule has 6 rings (SSSR count). The smallest absolute Gasteiger partial charge is 0.318 e. The standard InChI is InChI=1S/C33H47N3O5S/c1-4-41-13-6-11-36(32(38)34-33-19-25-15-26(20-33)17-27(16-25)21-33)23-31(37)35(22-28-7-5-14-42-28)12-10-24-8-9-29(39-2)30(18-24)40-3/h5,7-9,14,18,25-27H,4,6,10-13,15-17,19-23H2,1-3H3,(H,34,38). The third-order valence-electron chi connectivity index (χ3n) is 9.34. The van der Waals surface area contributed by atoms with E-state index in [0.717, 1.165) is 47.5 Å². The van der Waals surface area contributed by atoms with Crippen molar-refractivity contribution in [2.45, 2.75) is 70.4 Å². The van der Waals surface area contributed by atoms with E-state index in [9.17, 15) is 9.59 Å². The Kier molecular flexibility index (Phi) is 10.3. The van der Waals surface area contributed by atoms with Crippen LogP contribution in [-0.2, 0) is 22.5 Å². The summed E-state index contributed by atoms with van der Waals surface area (Å²) in [6.07, 6.45) is 8.59.